The van der Waals surface area contributed by atoms with Crippen molar-refractivity contribution < 1.29 is 4.79 Å². The van der Waals surface area contributed by atoms with Crippen LogP contribution in [0.4, 0.5) is 5.82 Å². The Morgan fingerprint density at radius 3 is 2.76 bits per heavy atom. The molecule has 1 atom stereocenters. The maximum absolute atomic E-state index is 12.5. The average molecular weight is 288 g/mol. The molecule has 3 aliphatic rings. The maximum atomic E-state index is 12.5. The molecule has 0 aromatic carbocycles. The summed E-state index contributed by atoms with van der Waals surface area (Å²) < 4.78 is 0. The smallest absolute Gasteiger partial charge is 0.251 e. The van der Waals surface area contributed by atoms with Gasteiger partial charge in [-0.15, -0.1) is 0 Å². The van der Waals surface area contributed by atoms with Crippen LogP contribution in [-0.4, -0.2) is 48.0 Å². The molecule has 0 aliphatic carbocycles. The van der Waals surface area contributed by atoms with E-state index in [1.807, 2.05) is 26.0 Å². The highest BCUT2D eigenvalue weighted by atomic mass is 16.1. The summed E-state index contributed by atoms with van der Waals surface area (Å²) in [6.45, 7) is 8.13. The SMILES string of the molecule is CCNc1cc(C(=O)NC2CN3CCC2CC3)cc(C)n1. The molecule has 1 aromatic heterocycles. The standard InChI is InChI=1S/C16H24N4O/c1-3-17-15-9-13(8-11(2)18-15)16(21)19-14-10-20-6-4-12(14)5-7-20/h8-9,12,14H,3-7,10H2,1-2H3,(H,17,18)(H,19,21). The van der Waals surface area contributed by atoms with Gasteiger partial charge in [-0.3, -0.25) is 4.79 Å². The van der Waals surface area contributed by atoms with E-state index in [1.54, 1.807) is 0 Å². The predicted octanol–water partition coefficient (Wildman–Crippen LogP) is 1.65. The average Bonchev–Trinajstić information content (AvgIpc) is 2.48. The van der Waals surface area contributed by atoms with Crippen molar-refractivity contribution in [3.05, 3.63) is 23.4 Å². The molecule has 2 N–H and O–H groups in total. The van der Waals surface area contributed by atoms with Gasteiger partial charge in [-0.25, -0.2) is 4.98 Å². The van der Waals surface area contributed by atoms with E-state index in [2.05, 4.69) is 20.5 Å². The molecule has 1 amide bonds. The van der Waals surface area contributed by atoms with E-state index in [0.29, 0.717) is 17.5 Å². The third kappa shape index (κ3) is 3.18. The summed E-state index contributed by atoms with van der Waals surface area (Å²) in [7, 11) is 0. The number of nitrogens with one attached hydrogen (secondary N) is 2. The number of piperidine rings is 3. The zero-order valence-corrected chi connectivity index (χ0v) is 12.9. The highest BCUT2D eigenvalue weighted by Crippen LogP contribution is 2.27. The lowest BCUT2D eigenvalue weighted by Crippen LogP contribution is -2.57. The van der Waals surface area contributed by atoms with Gasteiger partial charge in [0.25, 0.3) is 5.91 Å². The fourth-order valence-electron chi connectivity index (χ4n) is 3.45. The molecule has 5 heteroatoms. The van der Waals surface area contributed by atoms with Crippen molar-refractivity contribution >= 4 is 11.7 Å². The molecule has 0 radical (unpaired) electrons. The number of hydrogen-bond donors (Lipinski definition) is 2. The third-order valence-corrected chi connectivity index (χ3v) is 4.55. The van der Waals surface area contributed by atoms with E-state index in [-0.39, 0.29) is 5.91 Å². The lowest BCUT2D eigenvalue weighted by atomic mass is 9.84. The number of anilines is 1. The first-order chi connectivity index (χ1) is 10.2. The summed E-state index contributed by atoms with van der Waals surface area (Å²) in [5.74, 6) is 1.45. The first-order valence-corrected chi connectivity index (χ1v) is 7.91. The van der Waals surface area contributed by atoms with Gasteiger partial charge in [0.1, 0.15) is 5.82 Å². The van der Waals surface area contributed by atoms with Gasteiger partial charge in [-0.05, 0) is 57.8 Å². The number of pyridine rings is 1. The Kier molecular flexibility index (Phi) is 4.10. The van der Waals surface area contributed by atoms with Crippen molar-refractivity contribution in [1.82, 2.24) is 15.2 Å². The number of aryl methyl sites for hydroxylation is 1. The van der Waals surface area contributed by atoms with E-state index < -0.39 is 0 Å². The number of aromatic nitrogens is 1. The molecule has 4 heterocycles. The fraction of sp³-hybridized carbons (Fsp3) is 0.625. The van der Waals surface area contributed by atoms with Crippen molar-refractivity contribution in [3.8, 4) is 0 Å². The largest absolute Gasteiger partial charge is 0.370 e. The van der Waals surface area contributed by atoms with Gasteiger partial charge in [0.15, 0.2) is 0 Å². The molecular formula is C16H24N4O. The molecule has 1 aromatic rings. The van der Waals surface area contributed by atoms with Crippen LogP contribution in [0.3, 0.4) is 0 Å². The van der Waals surface area contributed by atoms with Gasteiger partial charge >= 0.3 is 0 Å². The van der Waals surface area contributed by atoms with Crippen LogP contribution in [0.1, 0.15) is 35.8 Å². The van der Waals surface area contributed by atoms with Crippen LogP contribution in [-0.2, 0) is 0 Å². The van der Waals surface area contributed by atoms with E-state index >= 15 is 0 Å². The third-order valence-electron chi connectivity index (χ3n) is 4.55. The van der Waals surface area contributed by atoms with E-state index in [0.717, 1.165) is 24.6 Å². The molecule has 3 fully saturated rings. The minimum Gasteiger partial charge on any atom is -0.370 e. The Labute approximate surface area is 126 Å². The van der Waals surface area contributed by atoms with Gasteiger partial charge in [0.05, 0.1) is 0 Å². The van der Waals surface area contributed by atoms with Gasteiger partial charge in [-0.2, -0.15) is 0 Å². The van der Waals surface area contributed by atoms with Crippen molar-refractivity contribution in [3.63, 3.8) is 0 Å². The van der Waals surface area contributed by atoms with Crippen LogP contribution in [0.15, 0.2) is 12.1 Å². The molecule has 4 rings (SSSR count). The normalized spacial score (nSPS) is 27.4. The Bertz CT molecular complexity index is 523. The molecule has 0 spiro atoms. The van der Waals surface area contributed by atoms with Crippen LogP contribution >= 0.6 is 0 Å². The Hall–Kier alpha value is -1.62. The second-order valence-corrected chi connectivity index (χ2v) is 6.13. The second kappa shape index (κ2) is 6.02. The summed E-state index contributed by atoms with van der Waals surface area (Å²) in [5, 5.41) is 6.40. The number of nitrogens with zero attached hydrogens (tertiary/aromatic N) is 2. The molecule has 5 nitrogen and oxygen atoms in total. The van der Waals surface area contributed by atoms with Crippen molar-refractivity contribution in [2.75, 3.05) is 31.5 Å². The minimum atomic E-state index is 0.0263. The number of hydrogen-bond acceptors (Lipinski definition) is 4. The van der Waals surface area contributed by atoms with E-state index in [1.165, 1.54) is 25.9 Å². The van der Waals surface area contributed by atoms with E-state index in [4.69, 9.17) is 0 Å². The lowest BCUT2D eigenvalue weighted by molar-refractivity contribution is 0.0620. The van der Waals surface area contributed by atoms with Crippen molar-refractivity contribution in [1.29, 1.82) is 0 Å². The fourth-order valence-corrected chi connectivity index (χ4v) is 3.45. The highest BCUT2D eigenvalue weighted by Gasteiger charge is 2.34. The van der Waals surface area contributed by atoms with Crippen LogP contribution in [0.5, 0.6) is 0 Å². The first-order valence-electron chi connectivity index (χ1n) is 7.91. The van der Waals surface area contributed by atoms with Crippen molar-refractivity contribution in [2.24, 2.45) is 5.92 Å². The molecule has 1 unspecified atom stereocenters. The number of carbonyl (C=O) groups excluding carboxylic acids is 1. The molecule has 2 bridgehead atoms. The van der Waals surface area contributed by atoms with Crippen molar-refractivity contribution in [2.45, 2.75) is 32.7 Å². The molecule has 3 aliphatic heterocycles. The maximum Gasteiger partial charge on any atom is 0.251 e. The summed E-state index contributed by atoms with van der Waals surface area (Å²) in [6, 6.07) is 4.00. The van der Waals surface area contributed by atoms with Gasteiger partial charge < -0.3 is 15.5 Å². The summed E-state index contributed by atoms with van der Waals surface area (Å²) in [5.41, 5.74) is 1.57. The Morgan fingerprint density at radius 1 is 1.38 bits per heavy atom. The summed E-state index contributed by atoms with van der Waals surface area (Å²) in [6.07, 6.45) is 2.42. The molecule has 21 heavy (non-hydrogen) atoms. The quantitative estimate of drug-likeness (QED) is 0.884. The minimum absolute atomic E-state index is 0.0263. The molecular weight excluding hydrogens is 264 g/mol. The number of carbonyl (C=O) groups is 1. The summed E-state index contributed by atoms with van der Waals surface area (Å²) >= 11 is 0. The molecule has 114 valence electrons. The Balaban J connectivity index is 1.70. The second-order valence-electron chi connectivity index (χ2n) is 6.13. The highest BCUT2D eigenvalue weighted by molar-refractivity contribution is 5.95. The Morgan fingerprint density at radius 2 is 2.14 bits per heavy atom. The number of rotatable bonds is 4. The van der Waals surface area contributed by atoms with Gasteiger partial charge in [0, 0.05) is 30.4 Å². The van der Waals surface area contributed by atoms with Gasteiger partial charge in [0.2, 0.25) is 0 Å². The lowest BCUT2D eigenvalue weighted by Gasteiger charge is -2.44. The molecule has 3 saturated heterocycles. The number of fused-ring (bicyclic) bond motifs is 3. The molecule has 0 saturated carbocycles. The topological polar surface area (TPSA) is 57.3 Å². The monoisotopic (exact) mass is 288 g/mol. The zero-order chi connectivity index (χ0) is 14.8. The first kappa shape index (κ1) is 14.3. The van der Waals surface area contributed by atoms with E-state index in [9.17, 15) is 4.79 Å². The van der Waals surface area contributed by atoms with Crippen LogP contribution < -0.4 is 10.6 Å². The van der Waals surface area contributed by atoms with Crippen LogP contribution in [0, 0.1) is 12.8 Å². The zero-order valence-electron chi connectivity index (χ0n) is 12.9. The van der Waals surface area contributed by atoms with Crippen LogP contribution in [0.25, 0.3) is 0 Å². The predicted molar refractivity (Wildman–Crippen MR) is 83.6 cm³/mol. The van der Waals surface area contributed by atoms with Crippen LogP contribution in [0.2, 0.25) is 0 Å². The van der Waals surface area contributed by atoms with Gasteiger partial charge in [-0.1, -0.05) is 0 Å². The summed E-state index contributed by atoms with van der Waals surface area (Å²) in [4.78, 5) is 19.4. The number of amides is 1.